The van der Waals surface area contributed by atoms with Crippen molar-refractivity contribution in [1.82, 2.24) is 10.2 Å². The number of piperidine rings is 2. The first-order valence-corrected chi connectivity index (χ1v) is 9.22. The molecule has 130 valence electrons. The molecule has 24 heavy (non-hydrogen) atoms. The van der Waals surface area contributed by atoms with Gasteiger partial charge in [0.05, 0.1) is 7.11 Å². The van der Waals surface area contributed by atoms with Gasteiger partial charge in [-0.25, -0.2) is 4.79 Å². The number of nitrogens with one attached hydrogen (secondary N) is 2. The third-order valence-corrected chi connectivity index (χ3v) is 5.66. The van der Waals surface area contributed by atoms with Crippen molar-refractivity contribution in [2.24, 2.45) is 0 Å². The van der Waals surface area contributed by atoms with Crippen LogP contribution in [0.2, 0.25) is 0 Å². The van der Waals surface area contributed by atoms with Crippen molar-refractivity contribution in [3.05, 3.63) is 24.3 Å². The number of rotatable bonds is 4. The van der Waals surface area contributed by atoms with E-state index >= 15 is 0 Å². The predicted octanol–water partition coefficient (Wildman–Crippen LogP) is 3.36. The maximum Gasteiger partial charge on any atom is 0.319 e. The lowest BCUT2D eigenvalue weighted by atomic mass is 9.81. The van der Waals surface area contributed by atoms with E-state index in [1.165, 1.54) is 32.1 Å². The molecule has 2 bridgehead atoms. The zero-order valence-corrected chi connectivity index (χ0v) is 14.3. The normalized spacial score (nSPS) is 29.8. The first kappa shape index (κ1) is 15.8. The average Bonchev–Trinajstić information content (AvgIpc) is 3.39. The number of hydrogen-bond acceptors (Lipinski definition) is 3. The molecule has 1 aliphatic carbocycles. The minimum Gasteiger partial charge on any atom is -0.497 e. The summed E-state index contributed by atoms with van der Waals surface area (Å²) >= 11 is 0. The summed E-state index contributed by atoms with van der Waals surface area (Å²) in [4.78, 5) is 15.1. The Bertz CT molecular complexity index is 588. The second-order valence-electron chi connectivity index (χ2n) is 7.42. The van der Waals surface area contributed by atoms with E-state index in [9.17, 15) is 4.79 Å². The molecule has 0 radical (unpaired) electrons. The fraction of sp³-hybridized carbons (Fsp3) is 0.632. The van der Waals surface area contributed by atoms with Crippen LogP contribution in [0.4, 0.5) is 10.5 Å². The Morgan fingerprint density at radius 2 is 1.88 bits per heavy atom. The summed E-state index contributed by atoms with van der Waals surface area (Å²) in [7, 11) is 1.63. The van der Waals surface area contributed by atoms with Crippen molar-refractivity contribution in [2.45, 2.75) is 69.1 Å². The van der Waals surface area contributed by atoms with E-state index < -0.39 is 0 Å². The Morgan fingerprint density at radius 1 is 1.12 bits per heavy atom. The summed E-state index contributed by atoms with van der Waals surface area (Å²) in [6, 6.07) is 9.85. The van der Waals surface area contributed by atoms with Crippen molar-refractivity contribution in [3.8, 4) is 5.75 Å². The van der Waals surface area contributed by atoms with E-state index in [0.717, 1.165) is 30.3 Å². The first-order chi connectivity index (χ1) is 11.7. The van der Waals surface area contributed by atoms with Gasteiger partial charge in [0, 0.05) is 35.9 Å². The molecule has 3 fully saturated rings. The molecule has 0 spiro atoms. The monoisotopic (exact) mass is 329 g/mol. The van der Waals surface area contributed by atoms with Gasteiger partial charge in [-0.1, -0.05) is 12.5 Å². The number of hydrogen-bond donors (Lipinski definition) is 2. The predicted molar refractivity (Wildman–Crippen MR) is 94.5 cm³/mol. The van der Waals surface area contributed by atoms with Crippen molar-refractivity contribution >= 4 is 11.7 Å². The number of carbonyl (C=O) groups excluding carboxylic acids is 1. The number of nitrogens with zero attached hydrogens (tertiary/aromatic N) is 1. The molecular weight excluding hydrogens is 302 g/mol. The van der Waals surface area contributed by atoms with Gasteiger partial charge < -0.3 is 15.4 Å². The van der Waals surface area contributed by atoms with Crippen LogP contribution in [-0.2, 0) is 0 Å². The number of carbonyl (C=O) groups is 1. The summed E-state index contributed by atoms with van der Waals surface area (Å²) < 4.78 is 5.20. The van der Waals surface area contributed by atoms with Gasteiger partial charge in [-0.05, 0) is 50.7 Å². The molecule has 3 aliphatic rings. The van der Waals surface area contributed by atoms with Gasteiger partial charge in [0.1, 0.15) is 5.75 Å². The fourth-order valence-electron chi connectivity index (χ4n) is 4.56. The van der Waals surface area contributed by atoms with Crippen LogP contribution in [-0.4, -0.2) is 42.2 Å². The molecule has 4 rings (SSSR count). The maximum absolute atomic E-state index is 12.4. The molecule has 1 saturated carbocycles. The van der Waals surface area contributed by atoms with Gasteiger partial charge in [-0.2, -0.15) is 0 Å². The van der Waals surface area contributed by atoms with Crippen LogP contribution in [0.1, 0.15) is 44.9 Å². The van der Waals surface area contributed by atoms with Crippen LogP contribution in [0.25, 0.3) is 0 Å². The van der Waals surface area contributed by atoms with Crippen LogP contribution < -0.4 is 15.4 Å². The average molecular weight is 329 g/mol. The van der Waals surface area contributed by atoms with Gasteiger partial charge in [-0.3, -0.25) is 4.90 Å². The standard InChI is InChI=1S/C19H27N3O2/c1-24-18-7-2-4-13(12-18)20-19(23)21-14-10-16-5-3-6-17(11-14)22(16)15-8-9-15/h2,4,7,12,14-17H,3,5-6,8-11H2,1H3,(H2,20,21,23)/t14?,16-,17+. The second-order valence-corrected chi connectivity index (χ2v) is 7.42. The van der Waals surface area contributed by atoms with Crippen molar-refractivity contribution in [1.29, 1.82) is 0 Å². The van der Waals surface area contributed by atoms with Crippen molar-refractivity contribution in [2.75, 3.05) is 12.4 Å². The summed E-state index contributed by atoms with van der Waals surface area (Å²) in [6.45, 7) is 0. The number of amides is 2. The first-order valence-electron chi connectivity index (χ1n) is 9.22. The van der Waals surface area contributed by atoms with Crippen LogP contribution in [0.3, 0.4) is 0 Å². The summed E-state index contributed by atoms with van der Waals surface area (Å²) in [6.07, 6.45) is 8.88. The molecule has 2 saturated heterocycles. The minimum atomic E-state index is -0.105. The van der Waals surface area contributed by atoms with Crippen LogP contribution in [0.5, 0.6) is 5.75 Å². The molecule has 3 atom stereocenters. The zero-order valence-electron chi connectivity index (χ0n) is 14.3. The molecule has 2 amide bonds. The molecule has 1 unspecified atom stereocenters. The number of urea groups is 1. The highest BCUT2D eigenvalue weighted by Gasteiger charge is 2.45. The SMILES string of the molecule is COc1cccc(NC(=O)NC2C[C@H]3CCC[C@@H](C2)N3C2CC2)c1. The van der Waals surface area contributed by atoms with Gasteiger partial charge >= 0.3 is 6.03 Å². The molecule has 2 N–H and O–H groups in total. The largest absolute Gasteiger partial charge is 0.497 e. The quantitative estimate of drug-likeness (QED) is 0.890. The Hall–Kier alpha value is -1.75. The van der Waals surface area contributed by atoms with E-state index in [0.29, 0.717) is 18.1 Å². The lowest BCUT2D eigenvalue weighted by Gasteiger charge is -2.49. The highest BCUT2D eigenvalue weighted by atomic mass is 16.5. The smallest absolute Gasteiger partial charge is 0.319 e. The van der Waals surface area contributed by atoms with Crippen LogP contribution >= 0.6 is 0 Å². The third-order valence-electron chi connectivity index (χ3n) is 5.66. The number of anilines is 1. The van der Waals surface area contributed by atoms with Gasteiger partial charge in [0.2, 0.25) is 0 Å². The molecule has 2 heterocycles. The number of methoxy groups -OCH3 is 1. The number of benzene rings is 1. The van der Waals surface area contributed by atoms with E-state index in [2.05, 4.69) is 15.5 Å². The molecule has 5 heteroatoms. The summed E-state index contributed by atoms with van der Waals surface area (Å²) in [5.41, 5.74) is 0.766. The highest BCUT2D eigenvalue weighted by Crippen LogP contribution is 2.41. The molecule has 0 aromatic heterocycles. The minimum absolute atomic E-state index is 0.105. The molecular formula is C19H27N3O2. The molecule has 1 aromatic rings. The number of ether oxygens (including phenoxy) is 1. The second kappa shape index (κ2) is 6.63. The molecule has 1 aromatic carbocycles. The lowest BCUT2D eigenvalue weighted by molar-refractivity contribution is 0.0198. The Labute approximate surface area is 143 Å². The lowest BCUT2D eigenvalue weighted by Crippen LogP contribution is -2.58. The molecule has 5 nitrogen and oxygen atoms in total. The number of fused-ring (bicyclic) bond motifs is 2. The van der Waals surface area contributed by atoms with Gasteiger partial charge in [0.25, 0.3) is 0 Å². The van der Waals surface area contributed by atoms with Gasteiger partial charge in [-0.15, -0.1) is 0 Å². The van der Waals surface area contributed by atoms with E-state index in [4.69, 9.17) is 4.74 Å². The molecule has 2 aliphatic heterocycles. The maximum atomic E-state index is 12.4. The van der Waals surface area contributed by atoms with Gasteiger partial charge in [0.15, 0.2) is 0 Å². The zero-order chi connectivity index (χ0) is 16.5. The van der Waals surface area contributed by atoms with E-state index in [1.54, 1.807) is 7.11 Å². The topological polar surface area (TPSA) is 53.6 Å². The van der Waals surface area contributed by atoms with E-state index in [1.807, 2.05) is 24.3 Å². The Kier molecular flexibility index (Phi) is 4.35. The summed E-state index contributed by atoms with van der Waals surface area (Å²) in [5.74, 6) is 0.750. The Balaban J connectivity index is 1.34. The fourth-order valence-corrected chi connectivity index (χ4v) is 4.56. The highest BCUT2D eigenvalue weighted by molar-refractivity contribution is 5.89. The van der Waals surface area contributed by atoms with Crippen molar-refractivity contribution < 1.29 is 9.53 Å². The van der Waals surface area contributed by atoms with Crippen LogP contribution in [0.15, 0.2) is 24.3 Å². The third kappa shape index (κ3) is 3.36. The van der Waals surface area contributed by atoms with E-state index in [-0.39, 0.29) is 6.03 Å². The van der Waals surface area contributed by atoms with Crippen molar-refractivity contribution in [3.63, 3.8) is 0 Å². The summed E-state index contributed by atoms with van der Waals surface area (Å²) in [5, 5.41) is 6.13. The Morgan fingerprint density at radius 3 is 2.54 bits per heavy atom. The van der Waals surface area contributed by atoms with Crippen LogP contribution in [0, 0.1) is 0 Å².